The highest BCUT2D eigenvalue weighted by Crippen LogP contribution is 2.14. The summed E-state index contributed by atoms with van der Waals surface area (Å²) in [5, 5.41) is 0. The summed E-state index contributed by atoms with van der Waals surface area (Å²) in [5.41, 5.74) is 0. The molecule has 0 saturated heterocycles. The van der Waals surface area contributed by atoms with Crippen LogP contribution >= 0.6 is 0 Å². The van der Waals surface area contributed by atoms with E-state index in [-0.39, 0.29) is 0 Å². The van der Waals surface area contributed by atoms with Crippen molar-refractivity contribution in [3.8, 4) is 0 Å². The first-order chi connectivity index (χ1) is 15.8. The first kappa shape index (κ1) is 29.2. The highest BCUT2D eigenvalue weighted by Gasteiger charge is 2.15. The zero-order valence-electron chi connectivity index (χ0n) is 22.5. The monoisotopic (exact) mass is 447 g/mol. The summed E-state index contributed by atoms with van der Waals surface area (Å²) in [6.45, 7) is 9.29. The molecule has 0 amide bonds. The zero-order valence-corrected chi connectivity index (χ0v) is 22.5. The molecule has 1 aromatic rings. The van der Waals surface area contributed by atoms with Crippen molar-refractivity contribution in [2.24, 2.45) is 0 Å². The van der Waals surface area contributed by atoms with Crippen LogP contribution in [0.25, 0.3) is 0 Å². The Morgan fingerprint density at radius 2 is 0.969 bits per heavy atom. The summed E-state index contributed by atoms with van der Waals surface area (Å²) in [7, 11) is 0. The highest BCUT2D eigenvalue weighted by molar-refractivity contribution is 4.84. The normalized spacial score (nSPS) is 11.5. The second-order valence-electron chi connectivity index (χ2n) is 10.2. The Morgan fingerprint density at radius 3 is 1.44 bits per heavy atom. The number of aromatic nitrogens is 2. The Bertz CT molecular complexity index is 505. The molecule has 0 N–H and O–H groups in total. The molecule has 0 aliphatic carbocycles. The fourth-order valence-corrected chi connectivity index (χ4v) is 4.97. The predicted octanol–water partition coefficient (Wildman–Crippen LogP) is 9.57. The van der Waals surface area contributed by atoms with E-state index in [1.165, 1.54) is 154 Å². The van der Waals surface area contributed by atoms with E-state index in [4.69, 9.17) is 0 Å². The third kappa shape index (κ3) is 15.1. The van der Waals surface area contributed by atoms with E-state index < -0.39 is 0 Å². The van der Waals surface area contributed by atoms with Gasteiger partial charge in [0.05, 0.1) is 13.1 Å². The average molecular weight is 448 g/mol. The van der Waals surface area contributed by atoms with Crippen LogP contribution in [0.5, 0.6) is 0 Å². The van der Waals surface area contributed by atoms with Gasteiger partial charge in [-0.3, -0.25) is 0 Å². The molecular weight excluding hydrogens is 388 g/mol. The van der Waals surface area contributed by atoms with E-state index >= 15 is 0 Å². The van der Waals surface area contributed by atoms with Gasteiger partial charge in [-0.15, -0.1) is 0 Å². The highest BCUT2D eigenvalue weighted by atomic mass is 15.1. The minimum Gasteiger partial charge on any atom is -0.234 e. The van der Waals surface area contributed by atoms with Crippen molar-refractivity contribution in [1.82, 2.24) is 4.57 Å². The number of hydrogen-bond donors (Lipinski definition) is 0. The van der Waals surface area contributed by atoms with Gasteiger partial charge in [0, 0.05) is 6.42 Å². The van der Waals surface area contributed by atoms with Gasteiger partial charge in [-0.25, -0.2) is 9.13 Å². The van der Waals surface area contributed by atoms with Gasteiger partial charge < -0.3 is 0 Å². The second kappa shape index (κ2) is 22.0. The lowest BCUT2D eigenvalue weighted by molar-refractivity contribution is -0.704. The van der Waals surface area contributed by atoms with Gasteiger partial charge in [-0.1, -0.05) is 130 Å². The van der Waals surface area contributed by atoms with Gasteiger partial charge in [-0.2, -0.15) is 0 Å². The summed E-state index contributed by atoms with van der Waals surface area (Å²) < 4.78 is 5.06. The Hall–Kier alpha value is -0.790. The van der Waals surface area contributed by atoms with E-state index in [0.717, 1.165) is 0 Å². The smallest absolute Gasteiger partial charge is 0.234 e. The number of aryl methyl sites for hydroxylation is 2. The van der Waals surface area contributed by atoms with Gasteiger partial charge in [0.1, 0.15) is 12.4 Å². The quantitative estimate of drug-likeness (QED) is 0.110. The van der Waals surface area contributed by atoms with Crippen LogP contribution in [0.1, 0.15) is 161 Å². The molecule has 1 aromatic heterocycles. The van der Waals surface area contributed by atoms with Crippen molar-refractivity contribution in [3.05, 3.63) is 18.2 Å². The van der Waals surface area contributed by atoms with E-state index in [0.29, 0.717) is 0 Å². The number of hydrogen-bond acceptors (Lipinski definition) is 0. The van der Waals surface area contributed by atoms with Gasteiger partial charge >= 0.3 is 0 Å². The lowest BCUT2D eigenvalue weighted by atomic mass is 10.0. The molecule has 0 aliphatic rings. The van der Waals surface area contributed by atoms with E-state index in [1.807, 2.05) is 0 Å². The first-order valence-corrected chi connectivity index (χ1v) is 14.9. The van der Waals surface area contributed by atoms with E-state index in [2.05, 4.69) is 42.3 Å². The lowest BCUT2D eigenvalue weighted by Gasteiger charge is -2.06. The molecule has 0 bridgehead atoms. The lowest BCUT2D eigenvalue weighted by Crippen LogP contribution is -2.37. The molecule has 2 nitrogen and oxygen atoms in total. The van der Waals surface area contributed by atoms with Gasteiger partial charge in [-0.05, 0) is 25.7 Å². The number of rotatable bonds is 24. The van der Waals surface area contributed by atoms with Crippen LogP contribution in [0.15, 0.2) is 12.4 Å². The molecule has 188 valence electrons. The van der Waals surface area contributed by atoms with Crippen molar-refractivity contribution < 1.29 is 4.57 Å². The summed E-state index contributed by atoms with van der Waals surface area (Å²) in [6, 6.07) is 0. The maximum atomic E-state index is 2.55. The third-order valence-corrected chi connectivity index (χ3v) is 7.06. The predicted molar refractivity (Wildman–Crippen MR) is 142 cm³/mol. The van der Waals surface area contributed by atoms with Crippen molar-refractivity contribution in [3.63, 3.8) is 0 Å². The molecule has 0 spiro atoms. The third-order valence-electron chi connectivity index (χ3n) is 7.06. The van der Waals surface area contributed by atoms with Gasteiger partial charge in [0.2, 0.25) is 0 Å². The van der Waals surface area contributed by atoms with Gasteiger partial charge in [0.15, 0.2) is 0 Å². The largest absolute Gasteiger partial charge is 0.256 e. The molecule has 2 heteroatoms. The molecule has 0 aliphatic heterocycles. The molecule has 0 saturated carbocycles. The molecular formula is C30H59N2+. The Kier molecular flexibility index (Phi) is 20.1. The summed E-state index contributed by atoms with van der Waals surface area (Å²) in [4.78, 5) is 0. The van der Waals surface area contributed by atoms with Crippen LogP contribution in [0.3, 0.4) is 0 Å². The van der Waals surface area contributed by atoms with E-state index in [1.54, 1.807) is 5.82 Å². The Morgan fingerprint density at radius 1 is 0.531 bits per heavy atom. The van der Waals surface area contributed by atoms with Crippen LogP contribution in [-0.2, 0) is 19.5 Å². The number of imidazole rings is 1. The zero-order chi connectivity index (χ0) is 23.1. The van der Waals surface area contributed by atoms with Crippen molar-refractivity contribution in [2.75, 3.05) is 0 Å². The fourth-order valence-electron chi connectivity index (χ4n) is 4.97. The topological polar surface area (TPSA) is 8.81 Å². The molecule has 0 radical (unpaired) electrons. The summed E-state index contributed by atoms with van der Waals surface area (Å²) in [5.74, 6) is 1.57. The molecule has 0 atom stereocenters. The SMILES string of the molecule is CCCCCCCCCCCCCCCCCCC[n+]1ccn(CCC)c1CCCCC. The van der Waals surface area contributed by atoms with Crippen LogP contribution in [0, 0.1) is 0 Å². The Balaban J connectivity index is 1.95. The maximum absolute atomic E-state index is 2.55. The second-order valence-corrected chi connectivity index (χ2v) is 10.2. The first-order valence-electron chi connectivity index (χ1n) is 14.9. The molecule has 0 unspecified atom stereocenters. The average Bonchev–Trinajstić information content (AvgIpc) is 3.17. The Labute approximate surface area is 202 Å². The fraction of sp³-hybridized carbons (Fsp3) is 0.900. The van der Waals surface area contributed by atoms with Crippen LogP contribution in [0.2, 0.25) is 0 Å². The van der Waals surface area contributed by atoms with Crippen molar-refractivity contribution >= 4 is 0 Å². The van der Waals surface area contributed by atoms with E-state index in [9.17, 15) is 0 Å². The van der Waals surface area contributed by atoms with Gasteiger partial charge in [0.25, 0.3) is 5.82 Å². The molecule has 1 rings (SSSR count). The standard InChI is InChI=1S/C30H59N2/c1-4-7-9-10-11-12-13-14-15-16-17-18-19-20-21-22-24-27-32-29-28-31(26-6-3)30(32)25-23-8-5-2/h28-29H,4-27H2,1-3H3/q+1. The molecule has 0 aromatic carbocycles. The van der Waals surface area contributed by atoms with Crippen LogP contribution in [-0.4, -0.2) is 4.57 Å². The summed E-state index contributed by atoms with van der Waals surface area (Å²) in [6.07, 6.45) is 35.8. The van der Waals surface area contributed by atoms with Crippen molar-refractivity contribution in [2.45, 2.75) is 175 Å². The molecule has 32 heavy (non-hydrogen) atoms. The number of nitrogens with zero attached hydrogens (tertiary/aromatic N) is 2. The molecule has 0 fully saturated rings. The number of unbranched alkanes of at least 4 members (excludes halogenated alkanes) is 18. The van der Waals surface area contributed by atoms with Crippen LogP contribution < -0.4 is 4.57 Å². The molecule has 1 heterocycles. The van der Waals surface area contributed by atoms with Crippen LogP contribution in [0.4, 0.5) is 0 Å². The van der Waals surface area contributed by atoms with Crippen molar-refractivity contribution in [1.29, 1.82) is 0 Å². The summed E-state index contributed by atoms with van der Waals surface area (Å²) >= 11 is 0. The minimum atomic E-state index is 1.17. The minimum absolute atomic E-state index is 1.17. The maximum Gasteiger partial charge on any atom is 0.256 e.